The molecule has 8 heteroatoms. The smallest absolute Gasteiger partial charge is 0.265 e. The highest BCUT2D eigenvalue weighted by molar-refractivity contribution is 9.10. The van der Waals surface area contributed by atoms with Gasteiger partial charge in [0, 0.05) is 12.4 Å². The fourth-order valence-corrected chi connectivity index (χ4v) is 3.52. The average Bonchev–Trinajstić information content (AvgIpc) is 2.62. The Morgan fingerprint density at radius 2 is 2.11 bits per heavy atom. The van der Waals surface area contributed by atoms with Crippen molar-refractivity contribution in [3.05, 3.63) is 34.3 Å². The van der Waals surface area contributed by atoms with Crippen molar-refractivity contribution in [2.45, 2.75) is 18.7 Å². The average molecular weight is 331 g/mol. The van der Waals surface area contributed by atoms with Crippen molar-refractivity contribution in [3.63, 3.8) is 0 Å². The fourth-order valence-electron chi connectivity index (χ4n) is 1.59. The highest BCUT2D eigenvalue weighted by Crippen LogP contribution is 2.25. The molecule has 0 saturated heterocycles. The topological polar surface area (TPSA) is 87.7 Å². The summed E-state index contributed by atoms with van der Waals surface area (Å²) in [7, 11) is -3.66. The summed E-state index contributed by atoms with van der Waals surface area (Å²) in [6.07, 6.45) is 3.03. The zero-order valence-corrected chi connectivity index (χ0v) is 12.1. The fraction of sp³-hybridized carbons (Fsp3) is 0.200. The Labute approximate surface area is 113 Å². The zero-order valence-electron chi connectivity index (χ0n) is 9.73. The van der Waals surface area contributed by atoms with Crippen LogP contribution in [0.15, 0.2) is 27.8 Å². The maximum atomic E-state index is 12.2. The highest BCUT2D eigenvalue weighted by atomic mass is 79.9. The quantitative estimate of drug-likeness (QED) is 0.900. The van der Waals surface area contributed by atoms with E-state index in [4.69, 9.17) is 0 Å². The Hall–Kier alpha value is -1.41. The number of pyridine rings is 1. The lowest BCUT2D eigenvalue weighted by molar-refractivity contribution is 0.600. The first kappa shape index (κ1) is 13.0. The van der Waals surface area contributed by atoms with Gasteiger partial charge in [0.05, 0.1) is 21.5 Å². The van der Waals surface area contributed by atoms with E-state index in [1.54, 1.807) is 19.9 Å². The van der Waals surface area contributed by atoms with Crippen LogP contribution in [0.25, 0.3) is 0 Å². The number of hydrogen-bond acceptors (Lipinski definition) is 4. The maximum absolute atomic E-state index is 12.2. The van der Waals surface area contributed by atoms with Crippen molar-refractivity contribution in [1.29, 1.82) is 0 Å². The Kier molecular flexibility index (Phi) is 3.40. The number of nitrogens with one attached hydrogen (secondary N) is 2. The number of halogens is 1. The molecule has 0 bridgehead atoms. The molecular formula is C10H11BrN4O2S. The van der Waals surface area contributed by atoms with Crippen LogP contribution in [0, 0.1) is 13.8 Å². The summed E-state index contributed by atoms with van der Waals surface area (Å²) < 4.78 is 27.6. The van der Waals surface area contributed by atoms with Gasteiger partial charge in [0.15, 0.2) is 0 Å². The van der Waals surface area contributed by atoms with Crippen LogP contribution in [0.1, 0.15) is 11.4 Å². The molecule has 6 nitrogen and oxygen atoms in total. The molecule has 0 saturated carbocycles. The number of rotatable bonds is 3. The lowest BCUT2D eigenvalue weighted by atomic mass is 10.4. The summed E-state index contributed by atoms with van der Waals surface area (Å²) in [4.78, 5) is 4.04. The second-order valence-corrected chi connectivity index (χ2v) is 6.20. The number of aromatic amines is 1. The Bertz CT molecular complexity index is 661. The van der Waals surface area contributed by atoms with Gasteiger partial charge in [-0.25, -0.2) is 8.42 Å². The first-order valence-corrected chi connectivity index (χ1v) is 7.33. The van der Waals surface area contributed by atoms with Crippen molar-refractivity contribution >= 4 is 31.6 Å². The number of nitrogens with zero attached hydrogens (tertiary/aromatic N) is 2. The summed E-state index contributed by atoms with van der Waals surface area (Å²) >= 11 is 3.24. The van der Waals surface area contributed by atoms with E-state index in [1.165, 1.54) is 12.4 Å². The van der Waals surface area contributed by atoms with Crippen LogP contribution in [-0.4, -0.2) is 23.6 Å². The van der Waals surface area contributed by atoms with E-state index in [2.05, 4.69) is 35.8 Å². The van der Waals surface area contributed by atoms with Gasteiger partial charge in [-0.05, 0) is 35.8 Å². The molecule has 96 valence electrons. The van der Waals surface area contributed by atoms with Crippen LogP contribution >= 0.6 is 15.9 Å². The van der Waals surface area contributed by atoms with Crippen LogP contribution < -0.4 is 4.72 Å². The Balaban J connectivity index is 2.43. The molecule has 0 aliphatic carbocycles. The maximum Gasteiger partial charge on any atom is 0.265 e. The number of sulfonamides is 1. The molecule has 2 N–H and O–H groups in total. The minimum Gasteiger partial charge on any atom is -0.281 e. The van der Waals surface area contributed by atoms with E-state index in [9.17, 15) is 8.42 Å². The third-order valence-electron chi connectivity index (χ3n) is 2.35. The number of hydrogen-bond donors (Lipinski definition) is 2. The van der Waals surface area contributed by atoms with Crippen LogP contribution in [0.2, 0.25) is 0 Å². The molecule has 0 spiro atoms. The van der Waals surface area contributed by atoms with Gasteiger partial charge in [-0.3, -0.25) is 14.8 Å². The Morgan fingerprint density at radius 3 is 2.67 bits per heavy atom. The van der Waals surface area contributed by atoms with E-state index >= 15 is 0 Å². The second kappa shape index (κ2) is 4.69. The summed E-state index contributed by atoms with van der Waals surface area (Å²) in [6.45, 7) is 3.30. The second-order valence-electron chi connectivity index (χ2n) is 3.72. The van der Waals surface area contributed by atoms with E-state index < -0.39 is 10.0 Å². The molecule has 2 rings (SSSR count). The van der Waals surface area contributed by atoms with Gasteiger partial charge in [-0.1, -0.05) is 0 Å². The van der Waals surface area contributed by atoms with Crippen molar-refractivity contribution in [3.8, 4) is 0 Å². The lowest BCUT2D eigenvalue weighted by Gasteiger charge is -2.09. The van der Waals surface area contributed by atoms with Crippen molar-refractivity contribution < 1.29 is 8.42 Å². The number of H-pyrrole nitrogens is 1. The molecule has 0 fully saturated rings. The lowest BCUT2D eigenvalue weighted by Crippen LogP contribution is -2.15. The summed E-state index contributed by atoms with van der Waals surface area (Å²) in [5.41, 5.74) is 1.38. The van der Waals surface area contributed by atoms with Crippen LogP contribution in [-0.2, 0) is 10.0 Å². The van der Waals surface area contributed by atoms with E-state index in [0.717, 1.165) is 0 Å². The third-order valence-corrected chi connectivity index (χ3v) is 4.61. The van der Waals surface area contributed by atoms with E-state index in [0.29, 0.717) is 21.5 Å². The molecule has 18 heavy (non-hydrogen) atoms. The van der Waals surface area contributed by atoms with Gasteiger partial charge in [-0.15, -0.1) is 0 Å². The van der Waals surface area contributed by atoms with Gasteiger partial charge >= 0.3 is 0 Å². The minimum atomic E-state index is -3.66. The predicted octanol–water partition coefficient (Wildman–Crippen LogP) is 1.98. The molecule has 0 aromatic carbocycles. The summed E-state index contributed by atoms with van der Waals surface area (Å²) in [5, 5.41) is 6.53. The molecule has 0 unspecified atom stereocenters. The summed E-state index contributed by atoms with van der Waals surface area (Å²) in [6, 6.07) is 1.58. The van der Waals surface area contributed by atoms with Crippen LogP contribution in [0.3, 0.4) is 0 Å². The molecular weight excluding hydrogens is 320 g/mol. The number of anilines is 1. The van der Waals surface area contributed by atoms with E-state index in [-0.39, 0.29) is 4.90 Å². The number of aryl methyl sites for hydroxylation is 2. The molecule has 0 atom stereocenters. The highest BCUT2D eigenvalue weighted by Gasteiger charge is 2.22. The molecule has 2 heterocycles. The first-order chi connectivity index (χ1) is 8.42. The van der Waals surface area contributed by atoms with Gasteiger partial charge in [0.2, 0.25) is 0 Å². The van der Waals surface area contributed by atoms with Crippen LogP contribution in [0.4, 0.5) is 5.69 Å². The van der Waals surface area contributed by atoms with Crippen molar-refractivity contribution in [2.75, 3.05) is 4.72 Å². The van der Waals surface area contributed by atoms with Crippen LogP contribution in [0.5, 0.6) is 0 Å². The van der Waals surface area contributed by atoms with Gasteiger partial charge in [-0.2, -0.15) is 5.10 Å². The first-order valence-electron chi connectivity index (χ1n) is 5.05. The summed E-state index contributed by atoms with van der Waals surface area (Å²) in [5.74, 6) is 0. The monoisotopic (exact) mass is 330 g/mol. The standard InChI is InChI=1S/C10H11BrN4O2S/c1-6-10(7(2)14-13-6)18(16,17)15-9-3-4-12-5-8(9)11/h3-5H,1-2H3,(H,12,15)(H,13,14). The molecule has 2 aromatic rings. The normalized spacial score (nSPS) is 11.5. The largest absolute Gasteiger partial charge is 0.281 e. The predicted molar refractivity (Wildman–Crippen MR) is 70.8 cm³/mol. The Morgan fingerprint density at radius 1 is 1.39 bits per heavy atom. The molecule has 0 aliphatic heterocycles. The van der Waals surface area contributed by atoms with E-state index in [1.807, 2.05) is 0 Å². The zero-order chi connectivity index (χ0) is 13.3. The van der Waals surface area contributed by atoms with Gasteiger partial charge in [0.25, 0.3) is 10.0 Å². The van der Waals surface area contributed by atoms with Gasteiger partial charge < -0.3 is 0 Å². The van der Waals surface area contributed by atoms with Crippen molar-refractivity contribution in [2.24, 2.45) is 0 Å². The minimum absolute atomic E-state index is 0.172. The molecule has 0 amide bonds. The molecule has 2 aromatic heterocycles. The van der Waals surface area contributed by atoms with Gasteiger partial charge in [0.1, 0.15) is 4.90 Å². The number of aromatic nitrogens is 3. The third kappa shape index (κ3) is 2.39. The SMILES string of the molecule is Cc1n[nH]c(C)c1S(=O)(=O)Nc1ccncc1Br. The molecule has 0 radical (unpaired) electrons. The van der Waals surface area contributed by atoms with Crippen molar-refractivity contribution in [1.82, 2.24) is 15.2 Å². The molecule has 0 aliphatic rings.